The van der Waals surface area contributed by atoms with Crippen LogP contribution >= 0.6 is 0 Å². The first-order valence-electron chi connectivity index (χ1n) is 21.8. The van der Waals surface area contributed by atoms with E-state index < -0.39 is 0 Å². The van der Waals surface area contributed by atoms with Crippen LogP contribution in [0.4, 0.5) is 0 Å². The second-order valence-electron chi connectivity index (χ2n) is 16.3. The maximum Gasteiger partial charge on any atom is 0.164 e. The normalized spacial score (nSPS) is 11.4. The Labute approximate surface area is 371 Å². The van der Waals surface area contributed by atoms with Crippen molar-refractivity contribution in [3.63, 3.8) is 0 Å². The Morgan fingerprint density at radius 2 is 0.656 bits per heavy atom. The van der Waals surface area contributed by atoms with Gasteiger partial charge in [-0.05, 0) is 106 Å². The summed E-state index contributed by atoms with van der Waals surface area (Å²) in [5.41, 5.74) is 12.0. The first-order valence-corrected chi connectivity index (χ1v) is 21.8. The smallest absolute Gasteiger partial charge is 0.164 e. The molecule has 0 saturated carbocycles. The van der Waals surface area contributed by atoms with Gasteiger partial charge >= 0.3 is 0 Å². The maximum atomic E-state index is 5.22. The largest absolute Gasteiger partial charge is 0.208 e. The minimum absolute atomic E-state index is 0.626. The molecule has 64 heavy (non-hydrogen) atoms. The summed E-state index contributed by atoms with van der Waals surface area (Å²) in [6, 6.07) is 84.2. The fraction of sp³-hybridized carbons (Fsp3) is 0. The molecule has 0 amide bonds. The van der Waals surface area contributed by atoms with Crippen molar-refractivity contribution in [2.24, 2.45) is 0 Å². The topological polar surface area (TPSA) is 38.7 Å². The Kier molecular flexibility index (Phi) is 9.16. The van der Waals surface area contributed by atoms with Crippen LogP contribution in [0.25, 0.3) is 122 Å². The third-order valence-corrected chi connectivity index (χ3v) is 12.5. The average Bonchev–Trinajstić information content (AvgIpc) is 3.38. The van der Waals surface area contributed by atoms with Gasteiger partial charge in [0.05, 0.1) is 0 Å². The number of fused-ring (bicyclic) bond motifs is 5. The summed E-state index contributed by atoms with van der Waals surface area (Å²) in [6.07, 6.45) is 0. The molecule has 0 spiro atoms. The molecule has 1 aromatic heterocycles. The fourth-order valence-electron chi connectivity index (χ4n) is 9.37. The highest BCUT2D eigenvalue weighted by atomic mass is 15.0. The van der Waals surface area contributed by atoms with E-state index in [-0.39, 0.29) is 0 Å². The van der Waals surface area contributed by atoms with Crippen LogP contribution in [0.5, 0.6) is 0 Å². The van der Waals surface area contributed by atoms with Gasteiger partial charge in [-0.3, -0.25) is 0 Å². The molecule has 0 bridgehead atoms. The lowest BCUT2D eigenvalue weighted by atomic mass is 9.89. The van der Waals surface area contributed by atoms with Gasteiger partial charge in [-0.25, -0.2) is 15.0 Å². The summed E-state index contributed by atoms with van der Waals surface area (Å²) >= 11 is 0. The summed E-state index contributed by atoms with van der Waals surface area (Å²) in [5, 5.41) is 9.86. The minimum Gasteiger partial charge on any atom is -0.208 e. The molecule has 0 unspecified atom stereocenters. The minimum atomic E-state index is 0.626. The van der Waals surface area contributed by atoms with Gasteiger partial charge in [0.2, 0.25) is 0 Å². The summed E-state index contributed by atoms with van der Waals surface area (Å²) in [5.74, 6) is 1.89. The van der Waals surface area contributed by atoms with E-state index >= 15 is 0 Å². The van der Waals surface area contributed by atoms with Crippen molar-refractivity contribution >= 4 is 43.1 Å². The molecule has 3 heteroatoms. The highest BCUT2D eigenvalue weighted by molar-refractivity contribution is 6.20. The lowest BCUT2D eigenvalue weighted by Crippen LogP contribution is -2.02. The third-order valence-electron chi connectivity index (χ3n) is 12.5. The predicted molar refractivity (Wildman–Crippen MR) is 268 cm³/mol. The fourth-order valence-corrected chi connectivity index (χ4v) is 9.37. The zero-order valence-electron chi connectivity index (χ0n) is 34.9. The molecule has 0 fully saturated rings. The molecule has 1 heterocycles. The Balaban J connectivity index is 0.938. The molecule has 0 aliphatic heterocycles. The van der Waals surface area contributed by atoms with Crippen LogP contribution < -0.4 is 0 Å². The highest BCUT2D eigenvalue weighted by Crippen LogP contribution is 2.41. The number of benzene rings is 11. The number of hydrogen-bond acceptors (Lipinski definition) is 3. The van der Waals surface area contributed by atoms with Crippen LogP contribution in [-0.4, -0.2) is 15.0 Å². The highest BCUT2D eigenvalue weighted by Gasteiger charge is 2.19. The molecule has 0 atom stereocenters. The van der Waals surface area contributed by atoms with Crippen LogP contribution in [0, 0.1) is 0 Å². The van der Waals surface area contributed by atoms with E-state index in [9.17, 15) is 0 Å². The molecular weight excluding hydrogens is 775 g/mol. The quantitative estimate of drug-likeness (QED) is 0.119. The van der Waals surface area contributed by atoms with Crippen molar-refractivity contribution < 1.29 is 0 Å². The summed E-state index contributed by atoms with van der Waals surface area (Å²) in [7, 11) is 0. The van der Waals surface area contributed by atoms with Gasteiger partial charge in [0, 0.05) is 16.7 Å². The lowest BCUT2D eigenvalue weighted by Gasteiger charge is -2.15. The molecular formula is C61H39N3. The molecule has 0 aliphatic carbocycles. The van der Waals surface area contributed by atoms with Gasteiger partial charge < -0.3 is 0 Å². The molecule has 12 rings (SSSR count). The number of aromatic nitrogens is 3. The zero-order valence-corrected chi connectivity index (χ0v) is 34.9. The van der Waals surface area contributed by atoms with Crippen molar-refractivity contribution in [3.8, 4) is 78.7 Å². The molecule has 11 aromatic carbocycles. The van der Waals surface area contributed by atoms with E-state index in [0.717, 1.165) is 49.7 Å². The zero-order chi connectivity index (χ0) is 42.4. The van der Waals surface area contributed by atoms with Gasteiger partial charge in [0.25, 0.3) is 0 Å². The SMILES string of the molecule is c1ccc(-c2ccccc2-c2nc(-c3ccc4cc(-c5ccc(-c6c7ccccc7cc7c6ccc6ccccc67)cc5)ccc4c3)nc(-c3ccccc3-c3ccccc3)n2)cc1. The van der Waals surface area contributed by atoms with Gasteiger partial charge in [-0.15, -0.1) is 0 Å². The summed E-state index contributed by atoms with van der Waals surface area (Å²) in [6.45, 7) is 0. The summed E-state index contributed by atoms with van der Waals surface area (Å²) in [4.78, 5) is 15.7. The Morgan fingerprint density at radius 3 is 1.30 bits per heavy atom. The second-order valence-corrected chi connectivity index (χ2v) is 16.3. The van der Waals surface area contributed by atoms with Crippen LogP contribution in [0.2, 0.25) is 0 Å². The van der Waals surface area contributed by atoms with E-state index in [4.69, 9.17) is 15.0 Å². The van der Waals surface area contributed by atoms with Crippen LogP contribution in [-0.2, 0) is 0 Å². The van der Waals surface area contributed by atoms with Crippen molar-refractivity contribution in [2.45, 2.75) is 0 Å². The molecule has 0 saturated heterocycles. The molecule has 0 aliphatic rings. The maximum absolute atomic E-state index is 5.22. The van der Waals surface area contributed by atoms with Crippen LogP contribution in [0.1, 0.15) is 0 Å². The average molecular weight is 814 g/mol. The number of nitrogens with zero attached hydrogens (tertiary/aromatic N) is 3. The first kappa shape index (κ1) is 37.2. The Hall–Kier alpha value is -8.53. The van der Waals surface area contributed by atoms with Gasteiger partial charge in [-0.2, -0.15) is 0 Å². The van der Waals surface area contributed by atoms with Crippen molar-refractivity contribution in [3.05, 3.63) is 237 Å². The van der Waals surface area contributed by atoms with Crippen molar-refractivity contribution in [1.82, 2.24) is 15.0 Å². The monoisotopic (exact) mass is 813 g/mol. The molecule has 298 valence electrons. The lowest BCUT2D eigenvalue weighted by molar-refractivity contribution is 1.08. The van der Waals surface area contributed by atoms with E-state index in [0.29, 0.717) is 17.5 Å². The third kappa shape index (κ3) is 6.68. The van der Waals surface area contributed by atoms with Gasteiger partial charge in [0.1, 0.15) is 0 Å². The van der Waals surface area contributed by atoms with Crippen LogP contribution in [0.15, 0.2) is 237 Å². The van der Waals surface area contributed by atoms with E-state index in [2.05, 4.69) is 224 Å². The van der Waals surface area contributed by atoms with E-state index in [1.807, 2.05) is 12.1 Å². The summed E-state index contributed by atoms with van der Waals surface area (Å²) < 4.78 is 0. The molecule has 3 nitrogen and oxygen atoms in total. The number of rotatable bonds is 7. The first-order chi connectivity index (χ1) is 31.7. The van der Waals surface area contributed by atoms with Crippen LogP contribution in [0.3, 0.4) is 0 Å². The van der Waals surface area contributed by atoms with Gasteiger partial charge in [0.15, 0.2) is 17.5 Å². The second kappa shape index (κ2) is 15.7. The standard InChI is InChI=1S/C61H39N3/c1-3-15-41(16-4-1)50-21-11-13-25-55(50)60-62-59(63-61(64-60)56-26-14-12-22-51(56)42-17-5-2-6-18-42)49-34-33-46-37-45(31-32-47(46)38-49)40-27-29-44(30-28-40)58-53-24-10-8-20-48(53)39-57-52-23-9-7-19-43(52)35-36-54(57)58/h1-39H. The molecule has 0 radical (unpaired) electrons. The number of hydrogen-bond donors (Lipinski definition) is 0. The molecule has 12 aromatic rings. The van der Waals surface area contributed by atoms with Gasteiger partial charge in [-0.1, -0.05) is 218 Å². The molecule has 0 N–H and O–H groups in total. The predicted octanol–water partition coefficient (Wildman–Crippen LogP) is 16.2. The Bertz CT molecular complexity index is 3610. The van der Waals surface area contributed by atoms with Crippen molar-refractivity contribution in [1.29, 1.82) is 0 Å². The van der Waals surface area contributed by atoms with Crippen molar-refractivity contribution in [2.75, 3.05) is 0 Å². The van der Waals surface area contributed by atoms with E-state index in [1.165, 1.54) is 54.6 Å². The Morgan fingerprint density at radius 1 is 0.203 bits per heavy atom. The van der Waals surface area contributed by atoms with E-state index in [1.54, 1.807) is 0 Å².